The number of thiazole rings is 1. The molecule has 7 heteroatoms. The van der Waals surface area contributed by atoms with E-state index in [0.29, 0.717) is 16.1 Å². The fourth-order valence-corrected chi connectivity index (χ4v) is 4.28. The lowest BCUT2D eigenvalue weighted by atomic mass is 10.2. The number of hydrogen-bond acceptors (Lipinski definition) is 5. The van der Waals surface area contributed by atoms with Gasteiger partial charge in [-0.15, -0.1) is 0 Å². The van der Waals surface area contributed by atoms with E-state index in [1.54, 1.807) is 28.8 Å². The Labute approximate surface area is 183 Å². The third-order valence-electron chi connectivity index (χ3n) is 4.70. The van der Waals surface area contributed by atoms with Gasteiger partial charge in [-0.05, 0) is 55.0 Å². The molecule has 4 rings (SSSR count). The Hall–Kier alpha value is -3.71. The summed E-state index contributed by atoms with van der Waals surface area (Å²) in [7, 11) is 1.34. The third-order valence-corrected chi connectivity index (χ3v) is 5.74. The number of hydrogen-bond donors (Lipinski definition) is 0. The van der Waals surface area contributed by atoms with E-state index in [2.05, 4.69) is 4.99 Å². The van der Waals surface area contributed by atoms with Gasteiger partial charge >= 0.3 is 5.97 Å². The monoisotopic (exact) mass is 432 g/mol. The molecule has 6 nitrogen and oxygen atoms in total. The van der Waals surface area contributed by atoms with Crippen LogP contribution in [0.1, 0.15) is 15.9 Å². The summed E-state index contributed by atoms with van der Waals surface area (Å²) in [6.07, 6.45) is 0. The van der Waals surface area contributed by atoms with E-state index in [1.807, 2.05) is 55.5 Å². The summed E-state index contributed by atoms with van der Waals surface area (Å²) in [6.45, 7) is 1.94. The van der Waals surface area contributed by atoms with Crippen LogP contribution < -0.4 is 9.54 Å². The number of carbonyl (C=O) groups excluding carboxylic acids is 2. The third kappa shape index (κ3) is 4.57. The minimum absolute atomic E-state index is 0.0165. The van der Waals surface area contributed by atoms with Crippen LogP contribution in [0.25, 0.3) is 10.2 Å². The van der Waals surface area contributed by atoms with Crippen molar-refractivity contribution in [2.75, 3.05) is 7.11 Å². The maximum absolute atomic E-state index is 12.8. The summed E-state index contributed by atoms with van der Waals surface area (Å²) < 4.78 is 13.3. The SMILES string of the molecule is COC(=O)Cn1c(=NC(=O)c2ccc(Oc3ccccc3)cc2)sc2cccc(C)c21. The predicted molar refractivity (Wildman–Crippen MR) is 119 cm³/mol. The smallest absolute Gasteiger partial charge is 0.325 e. The van der Waals surface area contributed by atoms with Crippen molar-refractivity contribution in [3.63, 3.8) is 0 Å². The van der Waals surface area contributed by atoms with Crippen LogP contribution in [0.2, 0.25) is 0 Å². The number of esters is 1. The number of para-hydroxylation sites is 2. The topological polar surface area (TPSA) is 69.9 Å². The number of ether oxygens (including phenoxy) is 2. The molecule has 3 aromatic carbocycles. The highest BCUT2D eigenvalue weighted by Gasteiger charge is 2.14. The van der Waals surface area contributed by atoms with Crippen molar-refractivity contribution in [3.8, 4) is 11.5 Å². The molecule has 1 amide bonds. The van der Waals surface area contributed by atoms with Gasteiger partial charge in [0.05, 0.1) is 17.3 Å². The Bertz CT molecular complexity index is 1310. The fraction of sp³-hybridized carbons (Fsp3) is 0.125. The molecule has 0 atom stereocenters. The molecule has 0 aliphatic carbocycles. The number of benzene rings is 3. The number of aryl methyl sites for hydroxylation is 1. The molecular formula is C24H20N2O4S. The second kappa shape index (κ2) is 8.97. The van der Waals surface area contributed by atoms with Crippen LogP contribution in [0.3, 0.4) is 0 Å². The zero-order valence-electron chi connectivity index (χ0n) is 17.1. The lowest BCUT2D eigenvalue weighted by Gasteiger charge is -2.06. The number of fused-ring (bicyclic) bond motifs is 1. The van der Waals surface area contributed by atoms with Crippen LogP contribution in [0.4, 0.5) is 0 Å². The first kappa shape index (κ1) is 20.6. The van der Waals surface area contributed by atoms with Crippen molar-refractivity contribution >= 4 is 33.4 Å². The molecule has 0 fully saturated rings. The minimum Gasteiger partial charge on any atom is -0.468 e. The molecule has 1 heterocycles. The quantitative estimate of drug-likeness (QED) is 0.428. The van der Waals surface area contributed by atoms with Gasteiger partial charge < -0.3 is 14.0 Å². The van der Waals surface area contributed by atoms with E-state index in [-0.39, 0.29) is 6.54 Å². The molecule has 31 heavy (non-hydrogen) atoms. The first-order valence-electron chi connectivity index (χ1n) is 9.63. The molecular weight excluding hydrogens is 412 g/mol. The Kier molecular flexibility index (Phi) is 5.95. The highest BCUT2D eigenvalue weighted by molar-refractivity contribution is 7.16. The van der Waals surface area contributed by atoms with E-state index in [1.165, 1.54) is 18.4 Å². The number of methoxy groups -OCH3 is 1. The molecule has 156 valence electrons. The van der Waals surface area contributed by atoms with Crippen LogP contribution in [0, 0.1) is 6.92 Å². The molecule has 0 bridgehead atoms. The van der Waals surface area contributed by atoms with Gasteiger partial charge in [-0.25, -0.2) is 0 Å². The van der Waals surface area contributed by atoms with Crippen molar-refractivity contribution in [2.24, 2.45) is 4.99 Å². The van der Waals surface area contributed by atoms with E-state index in [9.17, 15) is 9.59 Å². The van der Waals surface area contributed by atoms with E-state index >= 15 is 0 Å². The summed E-state index contributed by atoms with van der Waals surface area (Å²) in [5.41, 5.74) is 2.30. The Morgan fingerprint density at radius 2 is 1.65 bits per heavy atom. The van der Waals surface area contributed by atoms with Crippen molar-refractivity contribution in [1.29, 1.82) is 0 Å². The molecule has 0 radical (unpaired) electrons. The zero-order valence-corrected chi connectivity index (χ0v) is 17.9. The number of carbonyl (C=O) groups is 2. The molecule has 0 unspecified atom stereocenters. The van der Waals surface area contributed by atoms with Gasteiger partial charge in [0.25, 0.3) is 5.91 Å². The van der Waals surface area contributed by atoms with Gasteiger partial charge in [0.1, 0.15) is 18.0 Å². The largest absolute Gasteiger partial charge is 0.468 e. The summed E-state index contributed by atoms with van der Waals surface area (Å²) in [5.74, 6) is 0.546. The van der Waals surface area contributed by atoms with Crippen LogP contribution in [0.5, 0.6) is 11.5 Å². The minimum atomic E-state index is -0.403. The highest BCUT2D eigenvalue weighted by Crippen LogP contribution is 2.23. The summed E-state index contributed by atoms with van der Waals surface area (Å²) in [4.78, 5) is 29.5. The van der Waals surface area contributed by atoms with E-state index in [0.717, 1.165) is 21.5 Å². The number of rotatable bonds is 5. The molecule has 4 aromatic rings. The summed E-state index contributed by atoms with van der Waals surface area (Å²) >= 11 is 1.36. The molecule has 0 saturated heterocycles. The van der Waals surface area contributed by atoms with Crippen molar-refractivity contribution in [3.05, 3.63) is 88.7 Å². The van der Waals surface area contributed by atoms with Gasteiger partial charge in [0.15, 0.2) is 4.80 Å². The first-order chi connectivity index (χ1) is 15.0. The Balaban J connectivity index is 1.66. The maximum atomic E-state index is 12.8. The zero-order chi connectivity index (χ0) is 21.8. The van der Waals surface area contributed by atoms with Gasteiger partial charge in [0, 0.05) is 5.56 Å². The van der Waals surface area contributed by atoms with Crippen LogP contribution in [-0.2, 0) is 16.1 Å². The maximum Gasteiger partial charge on any atom is 0.325 e. The van der Waals surface area contributed by atoms with Crippen LogP contribution in [0.15, 0.2) is 77.8 Å². The van der Waals surface area contributed by atoms with Crippen LogP contribution in [-0.4, -0.2) is 23.6 Å². The summed E-state index contributed by atoms with van der Waals surface area (Å²) in [5, 5.41) is 0. The van der Waals surface area contributed by atoms with E-state index < -0.39 is 11.9 Å². The lowest BCUT2D eigenvalue weighted by molar-refractivity contribution is -0.141. The van der Waals surface area contributed by atoms with Gasteiger partial charge in [-0.1, -0.05) is 41.7 Å². The Morgan fingerprint density at radius 1 is 0.935 bits per heavy atom. The van der Waals surface area contributed by atoms with Gasteiger partial charge in [-0.3, -0.25) is 9.59 Å². The second-order valence-corrected chi connectivity index (χ2v) is 7.83. The normalized spacial score (nSPS) is 11.5. The molecule has 1 aromatic heterocycles. The van der Waals surface area contributed by atoms with Crippen molar-refractivity contribution in [2.45, 2.75) is 13.5 Å². The molecule has 0 saturated carbocycles. The lowest BCUT2D eigenvalue weighted by Crippen LogP contribution is -2.22. The van der Waals surface area contributed by atoms with Gasteiger partial charge in [-0.2, -0.15) is 4.99 Å². The fourth-order valence-electron chi connectivity index (χ4n) is 3.17. The van der Waals surface area contributed by atoms with Crippen molar-refractivity contribution in [1.82, 2.24) is 4.57 Å². The number of nitrogens with zero attached hydrogens (tertiary/aromatic N) is 2. The Morgan fingerprint density at radius 3 is 2.35 bits per heavy atom. The molecule has 0 N–H and O–H groups in total. The highest BCUT2D eigenvalue weighted by atomic mass is 32.1. The molecule has 0 aliphatic rings. The second-order valence-electron chi connectivity index (χ2n) is 6.83. The average Bonchev–Trinajstić information content (AvgIpc) is 3.12. The van der Waals surface area contributed by atoms with E-state index in [4.69, 9.17) is 9.47 Å². The number of aromatic nitrogens is 1. The van der Waals surface area contributed by atoms with Crippen LogP contribution >= 0.6 is 11.3 Å². The van der Waals surface area contributed by atoms with Gasteiger partial charge in [0.2, 0.25) is 0 Å². The molecule has 0 aliphatic heterocycles. The molecule has 0 spiro atoms. The standard InChI is InChI=1S/C24H20N2O4S/c1-16-7-6-10-20-22(16)26(15-21(27)29-2)24(31-20)25-23(28)17-11-13-19(14-12-17)30-18-8-4-3-5-9-18/h3-14H,15H2,1-2H3. The average molecular weight is 433 g/mol. The first-order valence-corrected chi connectivity index (χ1v) is 10.4. The summed E-state index contributed by atoms with van der Waals surface area (Å²) in [6, 6.07) is 22.1. The van der Waals surface area contributed by atoms with Crippen molar-refractivity contribution < 1.29 is 19.1 Å². The number of amides is 1. The predicted octanol–water partition coefficient (Wildman–Crippen LogP) is 4.72.